The van der Waals surface area contributed by atoms with E-state index in [9.17, 15) is 9.90 Å². The SMILES string of the molecule is CCCCOc1ccc(C(=O)NCC(O)(c2ccco2)c2cccs2)cc1. The van der Waals surface area contributed by atoms with Crippen molar-refractivity contribution in [2.45, 2.75) is 25.4 Å². The van der Waals surface area contributed by atoms with Gasteiger partial charge in [-0.3, -0.25) is 4.79 Å². The topological polar surface area (TPSA) is 71.7 Å². The Morgan fingerprint density at radius 2 is 2.04 bits per heavy atom. The van der Waals surface area contributed by atoms with Gasteiger partial charge < -0.3 is 19.6 Å². The first kappa shape index (κ1) is 19.2. The van der Waals surface area contributed by atoms with Crippen molar-refractivity contribution in [1.82, 2.24) is 5.32 Å². The van der Waals surface area contributed by atoms with Gasteiger partial charge in [0.15, 0.2) is 5.60 Å². The Kier molecular flexibility index (Phi) is 6.32. The smallest absolute Gasteiger partial charge is 0.251 e. The lowest BCUT2D eigenvalue weighted by Crippen LogP contribution is -2.41. The third-order valence-corrected chi connectivity index (χ3v) is 5.27. The van der Waals surface area contributed by atoms with Gasteiger partial charge in [0.25, 0.3) is 5.91 Å². The Bertz CT molecular complexity index is 791. The van der Waals surface area contributed by atoms with E-state index in [0.717, 1.165) is 18.6 Å². The number of hydrogen-bond donors (Lipinski definition) is 2. The van der Waals surface area contributed by atoms with Gasteiger partial charge in [-0.15, -0.1) is 11.3 Å². The molecule has 1 atom stereocenters. The summed E-state index contributed by atoms with van der Waals surface area (Å²) in [6.45, 7) is 2.78. The maximum atomic E-state index is 12.5. The molecule has 27 heavy (non-hydrogen) atoms. The normalized spacial score (nSPS) is 13.1. The Balaban J connectivity index is 1.66. The molecule has 0 radical (unpaired) electrons. The van der Waals surface area contributed by atoms with Crippen LogP contribution in [0.15, 0.2) is 64.6 Å². The molecule has 6 heteroatoms. The average molecular weight is 385 g/mol. The molecule has 2 heterocycles. The fourth-order valence-electron chi connectivity index (χ4n) is 2.67. The number of unbranched alkanes of at least 4 members (excludes halogenated alkanes) is 1. The van der Waals surface area contributed by atoms with E-state index in [1.165, 1.54) is 17.6 Å². The molecule has 2 N–H and O–H groups in total. The molecule has 2 aromatic heterocycles. The number of furan rings is 1. The van der Waals surface area contributed by atoms with E-state index in [2.05, 4.69) is 12.2 Å². The second-order valence-electron chi connectivity index (χ2n) is 6.22. The third-order valence-electron chi connectivity index (χ3n) is 4.25. The first-order valence-corrected chi connectivity index (χ1v) is 9.83. The van der Waals surface area contributed by atoms with Crippen LogP contribution in [0.3, 0.4) is 0 Å². The summed E-state index contributed by atoms with van der Waals surface area (Å²) >= 11 is 1.41. The zero-order valence-corrected chi connectivity index (χ0v) is 16.0. The fraction of sp³-hybridized carbons (Fsp3) is 0.286. The Hall–Kier alpha value is -2.57. The van der Waals surface area contributed by atoms with E-state index < -0.39 is 5.60 Å². The van der Waals surface area contributed by atoms with Gasteiger partial charge >= 0.3 is 0 Å². The van der Waals surface area contributed by atoms with Crippen molar-refractivity contribution < 1.29 is 19.1 Å². The fourth-order valence-corrected chi connectivity index (χ4v) is 3.50. The Morgan fingerprint density at radius 1 is 1.22 bits per heavy atom. The monoisotopic (exact) mass is 385 g/mol. The summed E-state index contributed by atoms with van der Waals surface area (Å²) in [6, 6.07) is 14.1. The summed E-state index contributed by atoms with van der Waals surface area (Å²) in [4.78, 5) is 13.2. The predicted octanol–water partition coefficient (Wildman–Crippen LogP) is 4.19. The molecule has 0 aliphatic rings. The van der Waals surface area contributed by atoms with Crippen molar-refractivity contribution in [2.24, 2.45) is 0 Å². The molecule has 5 nitrogen and oxygen atoms in total. The van der Waals surface area contributed by atoms with Gasteiger partial charge in [-0.2, -0.15) is 0 Å². The van der Waals surface area contributed by atoms with E-state index >= 15 is 0 Å². The molecular formula is C21H23NO4S. The first-order chi connectivity index (χ1) is 13.1. The molecule has 0 spiro atoms. The summed E-state index contributed by atoms with van der Waals surface area (Å²) in [5.74, 6) is 0.868. The van der Waals surface area contributed by atoms with Crippen molar-refractivity contribution in [3.63, 3.8) is 0 Å². The first-order valence-electron chi connectivity index (χ1n) is 8.95. The van der Waals surface area contributed by atoms with Crippen LogP contribution in [-0.4, -0.2) is 24.2 Å². The van der Waals surface area contributed by atoms with E-state index in [0.29, 0.717) is 22.8 Å². The molecular weight excluding hydrogens is 362 g/mol. The minimum Gasteiger partial charge on any atom is -0.494 e. The second kappa shape index (κ2) is 8.88. The van der Waals surface area contributed by atoms with Crippen molar-refractivity contribution in [3.8, 4) is 5.75 Å². The van der Waals surface area contributed by atoms with Crippen LogP contribution in [0.2, 0.25) is 0 Å². The van der Waals surface area contributed by atoms with Gasteiger partial charge in [-0.05, 0) is 54.3 Å². The van der Waals surface area contributed by atoms with E-state index in [1.807, 2.05) is 17.5 Å². The van der Waals surface area contributed by atoms with Crippen molar-refractivity contribution in [2.75, 3.05) is 13.2 Å². The minimum atomic E-state index is -1.41. The highest BCUT2D eigenvalue weighted by Crippen LogP contribution is 2.32. The molecule has 1 aromatic carbocycles. The Labute approximate surface area is 162 Å². The average Bonchev–Trinajstić information content (AvgIpc) is 3.41. The summed E-state index contributed by atoms with van der Waals surface area (Å²) in [5, 5.41) is 15.9. The van der Waals surface area contributed by atoms with Crippen LogP contribution in [-0.2, 0) is 5.60 Å². The van der Waals surface area contributed by atoms with Crippen molar-refractivity contribution >= 4 is 17.2 Å². The van der Waals surface area contributed by atoms with Crippen LogP contribution in [0.5, 0.6) is 5.75 Å². The molecule has 0 aliphatic heterocycles. The van der Waals surface area contributed by atoms with Gasteiger partial charge in [0.1, 0.15) is 11.5 Å². The lowest BCUT2D eigenvalue weighted by Gasteiger charge is -2.25. The highest BCUT2D eigenvalue weighted by atomic mass is 32.1. The second-order valence-corrected chi connectivity index (χ2v) is 7.17. The molecule has 3 aromatic rings. The molecule has 0 aliphatic carbocycles. The number of carbonyl (C=O) groups is 1. The quantitative estimate of drug-likeness (QED) is 0.542. The number of carbonyl (C=O) groups excluding carboxylic acids is 1. The number of rotatable bonds is 9. The maximum absolute atomic E-state index is 12.5. The molecule has 1 unspecified atom stereocenters. The standard InChI is InChI=1S/C21H23NO4S/c1-2-3-12-25-17-10-8-16(9-11-17)20(23)22-15-21(24,18-6-4-13-26-18)19-7-5-14-27-19/h4-11,13-14,24H,2-3,12,15H2,1H3,(H,22,23). The molecule has 0 saturated carbocycles. The third kappa shape index (κ3) is 4.59. The van der Waals surface area contributed by atoms with Crippen molar-refractivity contribution in [1.29, 1.82) is 0 Å². The number of ether oxygens (including phenoxy) is 1. The van der Waals surface area contributed by atoms with Gasteiger partial charge in [0, 0.05) is 10.4 Å². The number of nitrogens with one attached hydrogen (secondary N) is 1. The molecule has 0 fully saturated rings. The van der Waals surface area contributed by atoms with E-state index in [-0.39, 0.29) is 12.5 Å². The van der Waals surface area contributed by atoms with Crippen LogP contribution in [0, 0.1) is 0 Å². The highest BCUT2D eigenvalue weighted by molar-refractivity contribution is 7.10. The zero-order valence-electron chi connectivity index (χ0n) is 15.2. The minimum absolute atomic E-state index is 0.00854. The number of thiophene rings is 1. The van der Waals surface area contributed by atoms with Gasteiger partial charge in [0.2, 0.25) is 0 Å². The van der Waals surface area contributed by atoms with Gasteiger partial charge in [-0.25, -0.2) is 0 Å². The summed E-state index contributed by atoms with van der Waals surface area (Å²) < 4.78 is 11.0. The predicted molar refractivity (Wildman–Crippen MR) is 105 cm³/mol. The Morgan fingerprint density at radius 3 is 2.67 bits per heavy atom. The number of benzene rings is 1. The molecule has 3 rings (SSSR count). The van der Waals surface area contributed by atoms with Gasteiger partial charge in [0.05, 0.1) is 19.4 Å². The van der Waals surface area contributed by atoms with Crippen molar-refractivity contribution in [3.05, 3.63) is 76.4 Å². The lowest BCUT2D eigenvalue weighted by molar-refractivity contribution is 0.0554. The molecule has 1 amide bonds. The van der Waals surface area contributed by atoms with Crippen LogP contribution in [0.25, 0.3) is 0 Å². The van der Waals surface area contributed by atoms with Crippen LogP contribution in [0.4, 0.5) is 0 Å². The summed E-state index contributed by atoms with van der Waals surface area (Å²) in [6.07, 6.45) is 3.58. The highest BCUT2D eigenvalue weighted by Gasteiger charge is 2.36. The molecule has 0 bridgehead atoms. The zero-order chi connectivity index (χ0) is 19.1. The lowest BCUT2D eigenvalue weighted by atomic mass is 9.98. The number of amides is 1. The van der Waals surface area contributed by atoms with E-state index in [1.54, 1.807) is 36.4 Å². The largest absolute Gasteiger partial charge is 0.494 e. The van der Waals surface area contributed by atoms with Crippen LogP contribution >= 0.6 is 11.3 Å². The number of aliphatic hydroxyl groups is 1. The summed E-state index contributed by atoms with van der Waals surface area (Å²) in [5.41, 5.74) is -0.901. The molecule has 0 saturated heterocycles. The summed E-state index contributed by atoms with van der Waals surface area (Å²) in [7, 11) is 0. The molecule has 142 valence electrons. The van der Waals surface area contributed by atoms with Gasteiger partial charge in [-0.1, -0.05) is 19.4 Å². The van der Waals surface area contributed by atoms with E-state index in [4.69, 9.17) is 9.15 Å². The maximum Gasteiger partial charge on any atom is 0.251 e. The number of hydrogen-bond acceptors (Lipinski definition) is 5. The van der Waals surface area contributed by atoms with Crippen LogP contribution in [0.1, 0.15) is 40.8 Å². The van der Waals surface area contributed by atoms with Crippen LogP contribution < -0.4 is 10.1 Å².